The summed E-state index contributed by atoms with van der Waals surface area (Å²) in [7, 11) is 1.22. The number of carbonyl (C=O) groups is 2. The van der Waals surface area contributed by atoms with Gasteiger partial charge in [-0.1, -0.05) is 12.1 Å². The summed E-state index contributed by atoms with van der Waals surface area (Å²) in [6.07, 6.45) is 1.84. The van der Waals surface area contributed by atoms with Crippen LogP contribution >= 0.6 is 0 Å². The molecule has 2 aromatic heterocycles. The van der Waals surface area contributed by atoms with Gasteiger partial charge in [0.15, 0.2) is 5.75 Å². The van der Waals surface area contributed by atoms with Gasteiger partial charge in [0, 0.05) is 32.4 Å². The molecule has 3 rings (SSSR count). The number of ether oxygens (including phenoxy) is 2. The smallest absolute Gasteiger partial charge is 0.406 e. The first-order valence-electron chi connectivity index (χ1n) is 11.9. The number of rotatable bonds is 11. The third kappa shape index (κ3) is 7.26. The predicted octanol–water partition coefficient (Wildman–Crippen LogP) is 2.73. The number of amides is 2. The lowest BCUT2D eigenvalue weighted by Gasteiger charge is -2.16. The third-order valence-electron chi connectivity index (χ3n) is 5.53. The van der Waals surface area contributed by atoms with Crippen LogP contribution in [0.3, 0.4) is 0 Å². The Balaban J connectivity index is 1.95. The van der Waals surface area contributed by atoms with E-state index < -0.39 is 28.9 Å². The van der Waals surface area contributed by atoms with E-state index in [9.17, 15) is 23.9 Å². The number of hydrogen-bond acceptors (Lipinski definition) is 7. The monoisotopic (exact) mass is 514 g/mol. The summed E-state index contributed by atoms with van der Waals surface area (Å²) >= 11 is 0. The largest absolute Gasteiger partial charge is 0.505 e. The van der Waals surface area contributed by atoms with Gasteiger partial charge in [0.1, 0.15) is 16.9 Å². The summed E-state index contributed by atoms with van der Waals surface area (Å²) in [6.45, 7) is 4.51. The van der Waals surface area contributed by atoms with Crippen LogP contribution in [0.25, 0.3) is 11.0 Å². The van der Waals surface area contributed by atoms with E-state index in [0.717, 1.165) is 5.56 Å². The molecule has 0 aliphatic carbocycles. The molecular weight excluding hydrogens is 483 g/mol. The Morgan fingerprint density at radius 2 is 1.86 bits per heavy atom. The SMILES string of the molecule is COC(=O)NCCn1c(=O)c(C(=O)NCCCOC(C)C)c(O)c2ncc(Cc3ccc(F)cc3)cc21. The van der Waals surface area contributed by atoms with Crippen molar-refractivity contribution in [2.24, 2.45) is 0 Å². The van der Waals surface area contributed by atoms with Gasteiger partial charge in [0.05, 0.1) is 18.7 Å². The number of hydrogen-bond donors (Lipinski definition) is 3. The van der Waals surface area contributed by atoms with Gasteiger partial charge in [-0.3, -0.25) is 14.6 Å². The van der Waals surface area contributed by atoms with Crippen molar-refractivity contribution in [3.05, 3.63) is 69.4 Å². The molecule has 2 heterocycles. The summed E-state index contributed by atoms with van der Waals surface area (Å²) in [5, 5.41) is 16.0. The zero-order valence-electron chi connectivity index (χ0n) is 21.0. The van der Waals surface area contributed by atoms with E-state index in [1.165, 1.54) is 30.0 Å². The molecule has 0 aliphatic heterocycles. The van der Waals surface area contributed by atoms with Crippen molar-refractivity contribution in [1.29, 1.82) is 0 Å². The molecule has 0 saturated carbocycles. The number of methoxy groups -OCH3 is 1. The van der Waals surface area contributed by atoms with Gasteiger partial charge in [-0.25, -0.2) is 9.18 Å². The normalized spacial score (nSPS) is 11.1. The van der Waals surface area contributed by atoms with E-state index >= 15 is 0 Å². The average Bonchev–Trinajstić information content (AvgIpc) is 2.86. The lowest BCUT2D eigenvalue weighted by atomic mass is 10.1. The van der Waals surface area contributed by atoms with Crippen LogP contribution in [-0.2, 0) is 22.4 Å². The van der Waals surface area contributed by atoms with Crippen LogP contribution in [0.5, 0.6) is 5.75 Å². The highest BCUT2D eigenvalue weighted by Crippen LogP contribution is 2.26. The van der Waals surface area contributed by atoms with Crippen LogP contribution in [0, 0.1) is 5.82 Å². The number of aromatic nitrogens is 2. The van der Waals surface area contributed by atoms with Crippen molar-refractivity contribution >= 4 is 23.0 Å². The summed E-state index contributed by atoms with van der Waals surface area (Å²) < 4.78 is 24.6. The summed E-state index contributed by atoms with van der Waals surface area (Å²) in [5.74, 6) is -1.61. The maximum atomic E-state index is 13.4. The molecule has 198 valence electrons. The second kappa shape index (κ2) is 12.8. The molecule has 0 bridgehead atoms. The maximum Gasteiger partial charge on any atom is 0.406 e. The quantitative estimate of drug-likeness (QED) is 0.335. The minimum Gasteiger partial charge on any atom is -0.505 e. The molecule has 0 unspecified atom stereocenters. The molecule has 0 aliphatic rings. The number of aromatic hydroxyl groups is 1. The molecule has 1 aromatic carbocycles. The van der Waals surface area contributed by atoms with Gasteiger partial charge >= 0.3 is 6.09 Å². The van der Waals surface area contributed by atoms with Crippen LogP contribution in [-0.4, -0.2) is 59.6 Å². The average molecular weight is 515 g/mol. The minimum atomic E-state index is -0.735. The fourth-order valence-electron chi connectivity index (χ4n) is 3.73. The Hall–Kier alpha value is -3.99. The van der Waals surface area contributed by atoms with Crippen molar-refractivity contribution in [3.8, 4) is 5.75 Å². The Kier molecular flexibility index (Phi) is 9.56. The van der Waals surface area contributed by atoms with Gasteiger partial charge in [-0.15, -0.1) is 0 Å². The number of alkyl carbamates (subject to hydrolysis) is 1. The van der Waals surface area contributed by atoms with E-state index in [-0.39, 0.29) is 42.6 Å². The molecule has 0 saturated heterocycles. The number of nitrogens with zero attached hydrogens (tertiary/aromatic N) is 2. The van der Waals surface area contributed by atoms with Gasteiger partial charge in [0.25, 0.3) is 11.5 Å². The van der Waals surface area contributed by atoms with Crippen LogP contribution in [0.2, 0.25) is 0 Å². The molecular formula is C26H31FN4O6. The van der Waals surface area contributed by atoms with Crippen molar-refractivity contribution in [3.63, 3.8) is 0 Å². The Morgan fingerprint density at radius 1 is 1.14 bits per heavy atom. The first-order valence-corrected chi connectivity index (χ1v) is 11.9. The zero-order valence-corrected chi connectivity index (χ0v) is 21.0. The highest BCUT2D eigenvalue weighted by Gasteiger charge is 2.23. The number of fused-ring (bicyclic) bond motifs is 1. The standard InChI is InChI=1S/C26H31FN4O6/c1-16(2)37-12-4-9-28-24(33)21-23(32)22-20(31(25(21)34)11-10-29-26(35)36-3)14-18(15-30-22)13-17-5-7-19(27)8-6-17/h5-8,14-16,32H,4,9-13H2,1-3H3,(H,28,33)(H,29,35). The molecule has 0 radical (unpaired) electrons. The number of nitrogens with one attached hydrogen (secondary N) is 2. The minimum absolute atomic E-state index is 0.00506. The van der Waals surface area contributed by atoms with Crippen LogP contribution < -0.4 is 16.2 Å². The number of pyridine rings is 2. The maximum absolute atomic E-state index is 13.4. The first-order chi connectivity index (χ1) is 17.7. The Labute approximate surface area is 213 Å². The molecule has 3 N–H and O–H groups in total. The first kappa shape index (κ1) is 27.6. The van der Waals surface area contributed by atoms with Crippen molar-refractivity contribution < 1.29 is 28.6 Å². The van der Waals surface area contributed by atoms with Gasteiger partial charge in [-0.2, -0.15) is 0 Å². The zero-order chi connectivity index (χ0) is 26.9. The van der Waals surface area contributed by atoms with E-state index in [0.29, 0.717) is 25.0 Å². The molecule has 0 atom stereocenters. The van der Waals surface area contributed by atoms with E-state index in [1.807, 2.05) is 13.8 Å². The summed E-state index contributed by atoms with van der Waals surface area (Å²) in [6, 6.07) is 7.66. The highest BCUT2D eigenvalue weighted by atomic mass is 19.1. The molecule has 3 aromatic rings. The third-order valence-corrected chi connectivity index (χ3v) is 5.53. The second-order valence-corrected chi connectivity index (χ2v) is 8.64. The molecule has 0 fully saturated rings. The van der Waals surface area contributed by atoms with E-state index in [4.69, 9.17) is 4.74 Å². The lowest BCUT2D eigenvalue weighted by molar-refractivity contribution is 0.0756. The molecule has 0 spiro atoms. The van der Waals surface area contributed by atoms with Crippen molar-refractivity contribution in [2.75, 3.05) is 26.8 Å². The lowest BCUT2D eigenvalue weighted by Crippen LogP contribution is -2.36. The van der Waals surface area contributed by atoms with Crippen molar-refractivity contribution in [2.45, 2.75) is 39.3 Å². The van der Waals surface area contributed by atoms with Crippen LogP contribution in [0.15, 0.2) is 41.3 Å². The van der Waals surface area contributed by atoms with Gasteiger partial charge in [-0.05, 0) is 56.0 Å². The fraction of sp³-hybridized carbons (Fsp3) is 0.385. The summed E-state index contributed by atoms with van der Waals surface area (Å²) in [5.41, 5.74) is 0.715. The highest BCUT2D eigenvalue weighted by molar-refractivity contribution is 6.01. The Bertz CT molecular complexity index is 1310. The second-order valence-electron chi connectivity index (χ2n) is 8.64. The summed E-state index contributed by atoms with van der Waals surface area (Å²) in [4.78, 5) is 42.1. The molecule has 37 heavy (non-hydrogen) atoms. The van der Waals surface area contributed by atoms with Gasteiger partial charge < -0.3 is 29.8 Å². The number of carbonyl (C=O) groups excluding carboxylic acids is 2. The van der Waals surface area contributed by atoms with Gasteiger partial charge in [0.2, 0.25) is 0 Å². The van der Waals surface area contributed by atoms with Crippen LogP contribution in [0.1, 0.15) is 41.8 Å². The van der Waals surface area contributed by atoms with Crippen LogP contribution in [0.4, 0.5) is 9.18 Å². The fourth-order valence-corrected chi connectivity index (χ4v) is 3.73. The Morgan fingerprint density at radius 3 is 2.54 bits per heavy atom. The number of halogens is 1. The predicted molar refractivity (Wildman–Crippen MR) is 135 cm³/mol. The van der Waals surface area contributed by atoms with E-state index in [1.54, 1.807) is 18.2 Å². The molecule has 10 nitrogen and oxygen atoms in total. The van der Waals surface area contributed by atoms with Crippen molar-refractivity contribution in [1.82, 2.24) is 20.2 Å². The molecule has 11 heteroatoms. The molecule has 2 amide bonds. The van der Waals surface area contributed by atoms with E-state index in [2.05, 4.69) is 20.4 Å². The topological polar surface area (TPSA) is 132 Å². The number of benzene rings is 1.